The van der Waals surface area contributed by atoms with Gasteiger partial charge in [0.25, 0.3) is 0 Å². The summed E-state index contributed by atoms with van der Waals surface area (Å²) in [7, 11) is 0. The number of anilines is 1. The molecule has 0 saturated heterocycles. The fourth-order valence-electron chi connectivity index (χ4n) is 1.59. The van der Waals surface area contributed by atoms with Crippen LogP contribution < -0.4 is 10.6 Å². The molecule has 0 aliphatic carbocycles. The maximum Gasteiger partial charge on any atom is 0.319 e. The number of hydrogen-bond donors (Lipinski definition) is 3. The molecular weight excluding hydrogens is 315 g/mol. The van der Waals surface area contributed by atoms with Crippen molar-refractivity contribution >= 4 is 27.6 Å². The highest BCUT2D eigenvalue weighted by atomic mass is 79.9. The fraction of sp³-hybridized carbons (Fsp3) is 0.462. The molecule has 19 heavy (non-hydrogen) atoms. The molecule has 3 N–H and O–H groups in total. The molecule has 0 saturated carbocycles. The molecule has 4 nitrogen and oxygen atoms in total. The summed E-state index contributed by atoms with van der Waals surface area (Å²) >= 11 is 3.15. The number of aliphatic hydroxyl groups excluding tert-OH is 1. The van der Waals surface area contributed by atoms with Crippen LogP contribution in [0.4, 0.5) is 14.9 Å². The van der Waals surface area contributed by atoms with Crippen LogP contribution in [0.2, 0.25) is 0 Å². The van der Waals surface area contributed by atoms with Crippen molar-refractivity contribution < 1.29 is 14.3 Å². The van der Waals surface area contributed by atoms with E-state index >= 15 is 0 Å². The van der Waals surface area contributed by atoms with Crippen molar-refractivity contribution in [3.63, 3.8) is 0 Å². The van der Waals surface area contributed by atoms with Crippen LogP contribution in [-0.4, -0.2) is 23.3 Å². The molecule has 1 atom stereocenters. The third-order valence-corrected chi connectivity index (χ3v) is 3.53. The van der Waals surface area contributed by atoms with Gasteiger partial charge in [-0.15, -0.1) is 0 Å². The van der Waals surface area contributed by atoms with E-state index in [1.54, 1.807) is 6.07 Å². The van der Waals surface area contributed by atoms with Gasteiger partial charge in [-0.25, -0.2) is 9.18 Å². The number of carbonyl (C=O) groups is 1. The Kier molecular flexibility index (Phi) is 5.75. The van der Waals surface area contributed by atoms with Crippen molar-refractivity contribution in [3.8, 4) is 0 Å². The number of amides is 2. The topological polar surface area (TPSA) is 61.4 Å². The molecule has 2 amide bonds. The minimum absolute atomic E-state index is 0.0166. The first-order valence-corrected chi connectivity index (χ1v) is 6.84. The van der Waals surface area contributed by atoms with Crippen LogP contribution in [0.3, 0.4) is 0 Å². The van der Waals surface area contributed by atoms with Crippen molar-refractivity contribution in [2.24, 2.45) is 0 Å². The van der Waals surface area contributed by atoms with E-state index in [9.17, 15) is 9.18 Å². The maximum absolute atomic E-state index is 13.6. The Labute approximate surface area is 120 Å². The van der Waals surface area contributed by atoms with Gasteiger partial charge in [0, 0.05) is 16.6 Å². The lowest BCUT2D eigenvalue weighted by atomic mass is 9.95. The maximum atomic E-state index is 13.6. The van der Waals surface area contributed by atoms with E-state index in [4.69, 9.17) is 5.11 Å². The second kappa shape index (κ2) is 6.86. The van der Waals surface area contributed by atoms with E-state index in [0.29, 0.717) is 17.3 Å². The molecule has 0 aliphatic heterocycles. The van der Waals surface area contributed by atoms with Crippen LogP contribution >= 0.6 is 15.9 Å². The van der Waals surface area contributed by atoms with Crippen LogP contribution in [0.5, 0.6) is 0 Å². The minimum atomic E-state index is -0.509. The number of rotatable bonds is 5. The molecule has 0 spiro atoms. The molecule has 0 bridgehead atoms. The van der Waals surface area contributed by atoms with E-state index < -0.39 is 17.4 Å². The van der Waals surface area contributed by atoms with Gasteiger partial charge in [-0.3, -0.25) is 0 Å². The van der Waals surface area contributed by atoms with E-state index in [-0.39, 0.29) is 12.3 Å². The molecule has 1 aromatic rings. The summed E-state index contributed by atoms with van der Waals surface area (Å²) < 4.78 is 14.2. The summed E-state index contributed by atoms with van der Waals surface area (Å²) in [6.45, 7) is 3.73. The highest BCUT2D eigenvalue weighted by molar-refractivity contribution is 9.10. The number of benzene rings is 1. The van der Waals surface area contributed by atoms with Crippen LogP contribution in [0.25, 0.3) is 0 Å². The first-order chi connectivity index (χ1) is 8.90. The van der Waals surface area contributed by atoms with Gasteiger partial charge < -0.3 is 15.7 Å². The van der Waals surface area contributed by atoms with Crippen LogP contribution in [0.15, 0.2) is 22.7 Å². The second-order valence-electron chi connectivity index (χ2n) is 4.59. The summed E-state index contributed by atoms with van der Waals surface area (Å²) in [6.07, 6.45) is 1.11. The summed E-state index contributed by atoms with van der Waals surface area (Å²) in [6, 6.07) is 3.92. The van der Waals surface area contributed by atoms with Gasteiger partial charge >= 0.3 is 6.03 Å². The largest absolute Gasteiger partial charge is 0.396 e. The highest BCUT2D eigenvalue weighted by Gasteiger charge is 2.23. The predicted octanol–water partition coefficient (Wildman–Crippen LogP) is 3.26. The smallest absolute Gasteiger partial charge is 0.319 e. The minimum Gasteiger partial charge on any atom is -0.396 e. The number of aliphatic hydroxyl groups is 1. The molecule has 1 rings (SSSR count). The van der Waals surface area contributed by atoms with E-state index in [2.05, 4.69) is 26.6 Å². The monoisotopic (exact) mass is 332 g/mol. The number of nitrogens with one attached hydrogen (secondary N) is 2. The molecule has 0 radical (unpaired) electrons. The molecule has 0 heterocycles. The van der Waals surface area contributed by atoms with Gasteiger partial charge in [-0.1, -0.05) is 22.9 Å². The van der Waals surface area contributed by atoms with Crippen molar-refractivity contribution in [1.82, 2.24) is 5.32 Å². The van der Waals surface area contributed by atoms with Crippen LogP contribution in [0.1, 0.15) is 26.7 Å². The van der Waals surface area contributed by atoms with Gasteiger partial charge in [-0.05, 0) is 38.0 Å². The fourth-order valence-corrected chi connectivity index (χ4v) is 1.93. The number of urea groups is 1. The highest BCUT2D eigenvalue weighted by Crippen LogP contribution is 2.20. The Morgan fingerprint density at radius 1 is 1.53 bits per heavy atom. The van der Waals surface area contributed by atoms with Gasteiger partial charge in [-0.2, -0.15) is 0 Å². The van der Waals surface area contributed by atoms with Gasteiger partial charge in [0.15, 0.2) is 0 Å². The van der Waals surface area contributed by atoms with Gasteiger partial charge in [0.1, 0.15) is 5.82 Å². The average Bonchev–Trinajstić information content (AvgIpc) is 2.33. The second-order valence-corrected chi connectivity index (χ2v) is 5.51. The Hall–Kier alpha value is -1.14. The molecule has 6 heteroatoms. The van der Waals surface area contributed by atoms with Crippen molar-refractivity contribution in [2.75, 3.05) is 11.9 Å². The number of hydrogen-bond acceptors (Lipinski definition) is 2. The normalized spacial score (nSPS) is 13.7. The standard InChI is InChI=1S/C13H18BrFN2O2/c1-3-13(2,6-7-18)17-12(19)16-11-5-4-9(14)8-10(11)15/h4-5,8,18H,3,6-7H2,1-2H3,(H2,16,17,19). The van der Waals surface area contributed by atoms with Crippen molar-refractivity contribution in [3.05, 3.63) is 28.5 Å². The molecule has 0 aliphatic rings. The van der Waals surface area contributed by atoms with E-state index in [1.165, 1.54) is 12.1 Å². The molecule has 0 fully saturated rings. The lowest BCUT2D eigenvalue weighted by Crippen LogP contribution is -2.48. The molecule has 1 aromatic carbocycles. The molecular formula is C13H18BrFN2O2. The zero-order valence-electron chi connectivity index (χ0n) is 11.0. The van der Waals surface area contributed by atoms with Gasteiger partial charge in [0.2, 0.25) is 0 Å². The first kappa shape index (κ1) is 15.9. The Morgan fingerprint density at radius 2 is 2.21 bits per heavy atom. The number of carbonyl (C=O) groups excluding carboxylic acids is 1. The molecule has 106 valence electrons. The summed E-state index contributed by atoms with van der Waals surface area (Å²) in [4.78, 5) is 11.8. The summed E-state index contributed by atoms with van der Waals surface area (Å²) in [5, 5.41) is 14.2. The van der Waals surface area contributed by atoms with Gasteiger partial charge in [0.05, 0.1) is 5.69 Å². The van der Waals surface area contributed by atoms with Crippen LogP contribution in [0, 0.1) is 5.82 Å². The zero-order valence-corrected chi connectivity index (χ0v) is 12.6. The quantitative estimate of drug-likeness (QED) is 0.775. The van der Waals surface area contributed by atoms with Crippen molar-refractivity contribution in [1.29, 1.82) is 0 Å². The Bertz CT molecular complexity index is 456. The SMILES string of the molecule is CCC(C)(CCO)NC(=O)Nc1ccc(Br)cc1F. The third-order valence-electron chi connectivity index (χ3n) is 3.04. The lowest BCUT2D eigenvalue weighted by Gasteiger charge is -2.29. The van der Waals surface area contributed by atoms with Crippen molar-refractivity contribution in [2.45, 2.75) is 32.2 Å². The van der Waals surface area contributed by atoms with Crippen LogP contribution in [-0.2, 0) is 0 Å². The predicted molar refractivity (Wildman–Crippen MR) is 76.7 cm³/mol. The lowest BCUT2D eigenvalue weighted by molar-refractivity contribution is 0.208. The summed E-state index contributed by atoms with van der Waals surface area (Å²) in [5.74, 6) is -0.509. The average molecular weight is 333 g/mol. The number of halogens is 2. The molecule has 0 aromatic heterocycles. The van der Waals surface area contributed by atoms with E-state index in [0.717, 1.165) is 0 Å². The summed E-state index contributed by atoms with van der Waals surface area (Å²) in [5.41, 5.74) is -0.395. The van der Waals surface area contributed by atoms with E-state index in [1.807, 2.05) is 13.8 Å². The first-order valence-electron chi connectivity index (χ1n) is 6.05. The molecule has 1 unspecified atom stereocenters. The Balaban J connectivity index is 2.69. The third kappa shape index (κ3) is 4.80. The Morgan fingerprint density at radius 3 is 2.74 bits per heavy atom. The zero-order chi connectivity index (χ0) is 14.5.